The van der Waals surface area contributed by atoms with Gasteiger partial charge in [-0.05, 0) is 38.9 Å². The van der Waals surface area contributed by atoms with Gasteiger partial charge in [-0.2, -0.15) is 0 Å². The molecule has 1 saturated heterocycles. The normalized spacial score (nSPS) is 21.7. The number of piperidine rings is 1. The first-order chi connectivity index (χ1) is 6.27. The fourth-order valence-corrected chi connectivity index (χ4v) is 1.59. The highest BCUT2D eigenvalue weighted by atomic mass is 16.3. The first-order valence-electron chi connectivity index (χ1n) is 5.01. The maximum atomic E-state index is 10.0. The second-order valence-corrected chi connectivity index (χ2v) is 3.73. The Kier molecular flexibility index (Phi) is 4.66. The van der Waals surface area contributed by atoms with Gasteiger partial charge in [-0.15, -0.1) is 0 Å². The summed E-state index contributed by atoms with van der Waals surface area (Å²) in [5.74, 6) is 0. The Morgan fingerprint density at radius 3 is 2.62 bits per heavy atom. The van der Waals surface area contributed by atoms with Gasteiger partial charge in [0.15, 0.2) is 0 Å². The van der Waals surface area contributed by atoms with Crippen LogP contribution in [0.15, 0.2) is 0 Å². The molecule has 0 spiro atoms. The van der Waals surface area contributed by atoms with Crippen LogP contribution in [0.2, 0.25) is 0 Å². The molecule has 78 valence electrons. The lowest BCUT2D eigenvalue weighted by Crippen LogP contribution is -2.48. The van der Waals surface area contributed by atoms with Crippen LogP contribution in [0.4, 0.5) is 0 Å². The summed E-state index contributed by atoms with van der Waals surface area (Å²) in [5, 5.41) is 24.9. The van der Waals surface area contributed by atoms with Crippen LogP contribution in [0.3, 0.4) is 0 Å². The summed E-state index contributed by atoms with van der Waals surface area (Å²) in [6, 6.07) is 0. The van der Waals surface area contributed by atoms with Gasteiger partial charge in [0.05, 0.1) is 5.60 Å². The van der Waals surface area contributed by atoms with Crippen LogP contribution >= 0.6 is 0 Å². The molecule has 0 atom stereocenters. The Morgan fingerprint density at radius 1 is 1.31 bits per heavy atom. The van der Waals surface area contributed by atoms with Crippen molar-refractivity contribution < 1.29 is 10.2 Å². The average Bonchev–Trinajstić information content (AvgIpc) is 2.14. The number of rotatable bonds is 5. The summed E-state index contributed by atoms with van der Waals surface area (Å²) >= 11 is 0. The number of nitrogens with one attached hydrogen (secondary N) is 2. The van der Waals surface area contributed by atoms with Crippen LogP contribution in [0, 0.1) is 0 Å². The molecule has 1 heterocycles. The molecule has 1 rings (SSSR count). The van der Waals surface area contributed by atoms with E-state index in [1.807, 2.05) is 0 Å². The standard InChI is InChI=1S/C9H20N2O2/c12-7-1-4-11-8-9(13)2-5-10-6-3-9/h10-13H,1-8H2. The third-order valence-corrected chi connectivity index (χ3v) is 2.50. The Balaban J connectivity index is 2.10. The van der Waals surface area contributed by atoms with Crippen molar-refractivity contribution in [3.8, 4) is 0 Å². The van der Waals surface area contributed by atoms with Gasteiger partial charge in [0.1, 0.15) is 0 Å². The zero-order chi connectivity index (χ0) is 9.57. The zero-order valence-corrected chi connectivity index (χ0v) is 8.05. The number of hydrogen-bond donors (Lipinski definition) is 4. The molecule has 0 saturated carbocycles. The summed E-state index contributed by atoms with van der Waals surface area (Å²) in [7, 11) is 0. The summed E-state index contributed by atoms with van der Waals surface area (Å²) in [4.78, 5) is 0. The van der Waals surface area contributed by atoms with Crippen molar-refractivity contribution in [2.75, 3.05) is 32.8 Å². The quantitative estimate of drug-likeness (QED) is 0.421. The molecule has 0 aromatic rings. The fourth-order valence-electron chi connectivity index (χ4n) is 1.59. The Bertz CT molecular complexity index is 136. The molecule has 0 amide bonds. The van der Waals surface area contributed by atoms with Gasteiger partial charge in [0, 0.05) is 13.2 Å². The van der Waals surface area contributed by atoms with Gasteiger partial charge < -0.3 is 20.8 Å². The van der Waals surface area contributed by atoms with E-state index < -0.39 is 5.60 Å². The molecule has 4 N–H and O–H groups in total. The highest BCUT2D eigenvalue weighted by Gasteiger charge is 2.28. The third kappa shape index (κ3) is 4.04. The van der Waals surface area contributed by atoms with Crippen molar-refractivity contribution in [2.24, 2.45) is 0 Å². The van der Waals surface area contributed by atoms with E-state index in [2.05, 4.69) is 10.6 Å². The zero-order valence-electron chi connectivity index (χ0n) is 8.05. The molecule has 1 aliphatic heterocycles. The van der Waals surface area contributed by atoms with Gasteiger partial charge in [0.25, 0.3) is 0 Å². The van der Waals surface area contributed by atoms with Crippen LogP contribution in [-0.2, 0) is 0 Å². The molecule has 0 unspecified atom stereocenters. The molecule has 4 heteroatoms. The van der Waals surface area contributed by atoms with Crippen LogP contribution in [0.5, 0.6) is 0 Å². The van der Waals surface area contributed by atoms with E-state index in [1.54, 1.807) is 0 Å². The lowest BCUT2D eigenvalue weighted by atomic mass is 9.92. The first-order valence-corrected chi connectivity index (χ1v) is 5.01. The molecule has 13 heavy (non-hydrogen) atoms. The smallest absolute Gasteiger partial charge is 0.0795 e. The SMILES string of the molecule is OCCCNCC1(O)CCNCC1. The minimum absolute atomic E-state index is 0.215. The second kappa shape index (κ2) is 5.54. The lowest BCUT2D eigenvalue weighted by Gasteiger charge is -2.32. The molecule has 0 radical (unpaired) electrons. The Labute approximate surface area is 79.3 Å². The van der Waals surface area contributed by atoms with Gasteiger partial charge in [-0.25, -0.2) is 0 Å². The van der Waals surface area contributed by atoms with Crippen LogP contribution in [-0.4, -0.2) is 48.6 Å². The second-order valence-electron chi connectivity index (χ2n) is 3.73. The molecule has 0 aromatic carbocycles. The van der Waals surface area contributed by atoms with Crippen molar-refractivity contribution in [3.63, 3.8) is 0 Å². The maximum Gasteiger partial charge on any atom is 0.0795 e. The van der Waals surface area contributed by atoms with Crippen LogP contribution < -0.4 is 10.6 Å². The maximum absolute atomic E-state index is 10.0. The summed E-state index contributed by atoms with van der Waals surface area (Å²) < 4.78 is 0. The van der Waals surface area contributed by atoms with E-state index in [0.717, 1.165) is 38.9 Å². The van der Waals surface area contributed by atoms with Gasteiger partial charge in [-0.1, -0.05) is 0 Å². The van der Waals surface area contributed by atoms with Crippen molar-refractivity contribution >= 4 is 0 Å². The van der Waals surface area contributed by atoms with E-state index in [4.69, 9.17) is 5.11 Å². The molecule has 1 fully saturated rings. The molecular weight excluding hydrogens is 168 g/mol. The predicted octanol–water partition coefficient (Wildman–Crippen LogP) is -0.927. The van der Waals surface area contributed by atoms with Crippen LogP contribution in [0.1, 0.15) is 19.3 Å². The monoisotopic (exact) mass is 188 g/mol. The summed E-state index contributed by atoms with van der Waals surface area (Å²) in [6.07, 6.45) is 2.40. The number of aliphatic hydroxyl groups excluding tert-OH is 1. The topological polar surface area (TPSA) is 64.5 Å². The van der Waals surface area contributed by atoms with E-state index in [-0.39, 0.29) is 6.61 Å². The van der Waals surface area contributed by atoms with Crippen molar-refractivity contribution in [3.05, 3.63) is 0 Å². The minimum Gasteiger partial charge on any atom is -0.396 e. The largest absolute Gasteiger partial charge is 0.396 e. The van der Waals surface area contributed by atoms with Crippen molar-refractivity contribution in [1.82, 2.24) is 10.6 Å². The highest BCUT2D eigenvalue weighted by Crippen LogP contribution is 2.16. The number of hydrogen-bond acceptors (Lipinski definition) is 4. The molecule has 1 aliphatic rings. The third-order valence-electron chi connectivity index (χ3n) is 2.50. The van der Waals surface area contributed by atoms with Gasteiger partial charge in [-0.3, -0.25) is 0 Å². The number of aliphatic hydroxyl groups is 2. The van der Waals surface area contributed by atoms with E-state index in [1.165, 1.54) is 0 Å². The first kappa shape index (κ1) is 10.9. The van der Waals surface area contributed by atoms with Crippen LogP contribution in [0.25, 0.3) is 0 Å². The van der Waals surface area contributed by atoms with E-state index in [0.29, 0.717) is 6.54 Å². The van der Waals surface area contributed by atoms with Crippen molar-refractivity contribution in [2.45, 2.75) is 24.9 Å². The summed E-state index contributed by atoms with van der Waals surface area (Å²) in [5.41, 5.74) is -0.527. The van der Waals surface area contributed by atoms with E-state index >= 15 is 0 Å². The summed E-state index contributed by atoms with van der Waals surface area (Å²) in [6.45, 7) is 3.45. The Morgan fingerprint density at radius 2 is 2.00 bits per heavy atom. The minimum atomic E-state index is -0.527. The Hall–Kier alpha value is -0.160. The van der Waals surface area contributed by atoms with Gasteiger partial charge in [0.2, 0.25) is 0 Å². The highest BCUT2D eigenvalue weighted by molar-refractivity contribution is 4.85. The molecule has 0 bridgehead atoms. The average molecular weight is 188 g/mol. The predicted molar refractivity (Wildman–Crippen MR) is 51.6 cm³/mol. The molecule has 4 nitrogen and oxygen atoms in total. The lowest BCUT2D eigenvalue weighted by molar-refractivity contribution is 0.0111. The van der Waals surface area contributed by atoms with E-state index in [9.17, 15) is 5.11 Å². The fraction of sp³-hybridized carbons (Fsp3) is 1.00. The molecule has 0 aromatic heterocycles. The molecular formula is C9H20N2O2. The molecule has 0 aliphatic carbocycles. The van der Waals surface area contributed by atoms with Crippen molar-refractivity contribution in [1.29, 1.82) is 0 Å². The van der Waals surface area contributed by atoms with Gasteiger partial charge >= 0.3 is 0 Å².